The minimum Gasteiger partial charge on any atom is -0.497 e. The second kappa shape index (κ2) is 10.1. The Balaban J connectivity index is 1.70. The van der Waals surface area contributed by atoms with Crippen LogP contribution in [0.4, 0.5) is 10.1 Å². The van der Waals surface area contributed by atoms with Crippen LogP contribution in [-0.2, 0) is 19.6 Å². The summed E-state index contributed by atoms with van der Waals surface area (Å²) in [5.41, 5.74) is 0.321. The molecule has 1 saturated heterocycles. The molecule has 1 atom stereocenters. The normalized spacial score (nSPS) is 15.6. The number of esters is 1. The van der Waals surface area contributed by atoms with Crippen LogP contribution in [-0.4, -0.2) is 50.9 Å². The molecule has 3 rings (SSSR count). The first-order chi connectivity index (χ1) is 15.2. The first-order valence-corrected chi connectivity index (χ1v) is 11.6. The molecule has 0 spiro atoms. The summed E-state index contributed by atoms with van der Waals surface area (Å²) >= 11 is 0. The van der Waals surface area contributed by atoms with Gasteiger partial charge in [-0.25, -0.2) is 17.6 Å². The van der Waals surface area contributed by atoms with Gasteiger partial charge >= 0.3 is 5.97 Å². The topological polar surface area (TPSA) is 102 Å². The zero-order valence-electron chi connectivity index (χ0n) is 17.8. The van der Waals surface area contributed by atoms with E-state index in [4.69, 9.17) is 9.47 Å². The average Bonchev–Trinajstić information content (AvgIpc) is 2.80. The lowest BCUT2D eigenvalue weighted by atomic mass is 10.2. The Bertz CT molecular complexity index is 1080. The molecule has 0 aliphatic carbocycles. The third-order valence-corrected chi connectivity index (χ3v) is 7.02. The number of ether oxygens (including phenoxy) is 2. The van der Waals surface area contributed by atoms with Crippen molar-refractivity contribution in [3.05, 3.63) is 53.8 Å². The first-order valence-electron chi connectivity index (χ1n) is 10.2. The molecule has 1 N–H and O–H groups in total. The molecule has 1 aliphatic rings. The van der Waals surface area contributed by atoms with Crippen LogP contribution in [0.5, 0.6) is 5.75 Å². The monoisotopic (exact) mass is 464 g/mol. The van der Waals surface area contributed by atoms with E-state index in [2.05, 4.69) is 5.32 Å². The Kier molecular flexibility index (Phi) is 7.47. The van der Waals surface area contributed by atoms with E-state index < -0.39 is 38.7 Å². The molecule has 0 bridgehead atoms. The predicted octanol–water partition coefficient (Wildman–Crippen LogP) is 3.19. The highest BCUT2D eigenvalue weighted by Gasteiger charge is 2.30. The second-order valence-electron chi connectivity index (χ2n) is 7.38. The predicted molar refractivity (Wildman–Crippen MR) is 116 cm³/mol. The summed E-state index contributed by atoms with van der Waals surface area (Å²) in [6, 6.07) is 9.57. The number of sulfonamides is 1. The summed E-state index contributed by atoms with van der Waals surface area (Å²) in [7, 11) is -2.56. The maximum Gasteiger partial charge on any atom is 0.338 e. The van der Waals surface area contributed by atoms with Crippen molar-refractivity contribution >= 4 is 27.6 Å². The van der Waals surface area contributed by atoms with E-state index in [0.717, 1.165) is 24.6 Å². The molecule has 0 radical (unpaired) electrons. The largest absolute Gasteiger partial charge is 0.497 e. The number of halogens is 1. The van der Waals surface area contributed by atoms with Crippen LogP contribution in [0.2, 0.25) is 0 Å². The number of hydrogen-bond donors (Lipinski definition) is 1. The Morgan fingerprint density at radius 2 is 1.72 bits per heavy atom. The zero-order chi connectivity index (χ0) is 23.3. The van der Waals surface area contributed by atoms with Gasteiger partial charge in [-0.2, -0.15) is 4.31 Å². The SMILES string of the molecule is COc1ccc(NC(=O)C(C)OC(=O)c2ccc(F)c(S(=O)(=O)N3CCCCC3)c2)cc1. The molecule has 8 nitrogen and oxygen atoms in total. The third-order valence-electron chi connectivity index (χ3n) is 5.11. The summed E-state index contributed by atoms with van der Waals surface area (Å²) < 4.78 is 51.4. The lowest BCUT2D eigenvalue weighted by Crippen LogP contribution is -2.36. The van der Waals surface area contributed by atoms with Crippen molar-refractivity contribution in [2.75, 3.05) is 25.5 Å². The lowest BCUT2D eigenvalue weighted by Gasteiger charge is -2.26. The Hall–Kier alpha value is -2.98. The summed E-state index contributed by atoms with van der Waals surface area (Å²) in [6.07, 6.45) is 1.14. The van der Waals surface area contributed by atoms with Crippen molar-refractivity contribution in [2.45, 2.75) is 37.2 Å². The Morgan fingerprint density at radius 3 is 2.34 bits per heavy atom. The quantitative estimate of drug-likeness (QED) is 0.632. The van der Waals surface area contributed by atoms with Gasteiger partial charge in [0.25, 0.3) is 5.91 Å². The zero-order valence-corrected chi connectivity index (χ0v) is 18.7. The van der Waals surface area contributed by atoms with Gasteiger partial charge in [-0.1, -0.05) is 6.42 Å². The van der Waals surface area contributed by atoms with Crippen LogP contribution < -0.4 is 10.1 Å². The minimum absolute atomic E-state index is 0.161. The molecule has 0 aromatic heterocycles. The van der Waals surface area contributed by atoms with Crippen LogP contribution in [0.3, 0.4) is 0 Å². The standard InChI is InChI=1S/C22H25FN2O6S/c1-15(21(26)24-17-7-9-18(30-2)10-8-17)31-22(27)16-6-11-19(23)20(14-16)32(28,29)25-12-4-3-5-13-25/h6-11,14-15H,3-5,12-13H2,1-2H3,(H,24,26). The molecule has 2 aromatic rings. The molecule has 2 aromatic carbocycles. The van der Waals surface area contributed by atoms with Gasteiger partial charge in [0.05, 0.1) is 12.7 Å². The van der Waals surface area contributed by atoms with E-state index >= 15 is 0 Å². The number of methoxy groups -OCH3 is 1. The molecule has 10 heteroatoms. The summed E-state index contributed by atoms with van der Waals surface area (Å²) in [6.45, 7) is 1.99. The molecule has 0 saturated carbocycles. The summed E-state index contributed by atoms with van der Waals surface area (Å²) in [5, 5.41) is 2.60. The van der Waals surface area contributed by atoms with E-state index in [9.17, 15) is 22.4 Å². The number of rotatable bonds is 7. The van der Waals surface area contributed by atoms with Gasteiger partial charge in [-0.15, -0.1) is 0 Å². The maximum absolute atomic E-state index is 14.3. The fourth-order valence-corrected chi connectivity index (χ4v) is 4.88. The number of benzene rings is 2. The van der Waals surface area contributed by atoms with Gasteiger partial charge in [-0.3, -0.25) is 4.79 Å². The van der Waals surface area contributed by atoms with E-state index in [1.807, 2.05) is 0 Å². The van der Waals surface area contributed by atoms with E-state index in [-0.39, 0.29) is 5.56 Å². The van der Waals surface area contributed by atoms with Crippen LogP contribution in [0.25, 0.3) is 0 Å². The second-order valence-corrected chi connectivity index (χ2v) is 9.28. The van der Waals surface area contributed by atoms with Gasteiger partial charge in [0.2, 0.25) is 10.0 Å². The molecular formula is C22H25FN2O6S. The third kappa shape index (κ3) is 5.43. The average molecular weight is 465 g/mol. The van der Waals surface area contributed by atoms with Crippen LogP contribution in [0.1, 0.15) is 36.5 Å². The van der Waals surface area contributed by atoms with Gasteiger partial charge < -0.3 is 14.8 Å². The van der Waals surface area contributed by atoms with Crippen molar-refractivity contribution in [3.8, 4) is 5.75 Å². The van der Waals surface area contributed by atoms with Crippen molar-refractivity contribution in [1.82, 2.24) is 4.31 Å². The van der Waals surface area contributed by atoms with Crippen LogP contribution in [0.15, 0.2) is 47.4 Å². The number of carbonyl (C=O) groups excluding carboxylic acids is 2. The fraction of sp³-hybridized carbons (Fsp3) is 0.364. The fourth-order valence-electron chi connectivity index (χ4n) is 3.27. The van der Waals surface area contributed by atoms with E-state index in [0.29, 0.717) is 37.4 Å². The van der Waals surface area contributed by atoms with Gasteiger partial charge in [0, 0.05) is 18.8 Å². The molecule has 1 fully saturated rings. The summed E-state index contributed by atoms with van der Waals surface area (Å²) in [5.74, 6) is -1.84. The number of piperidine rings is 1. The minimum atomic E-state index is -4.08. The molecular weight excluding hydrogens is 439 g/mol. The van der Waals surface area contributed by atoms with Crippen molar-refractivity contribution in [1.29, 1.82) is 0 Å². The number of carbonyl (C=O) groups is 2. The van der Waals surface area contributed by atoms with Gasteiger partial charge in [0.1, 0.15) is 16.5 Å². The number of anilines is 1. The number of amides is 1. The summed E-state index contributed by atoms with van der Waals surface area (Å²) in [4.78, 5) is 24.3. The molecule has 1 unspecified atom stereocenters. The number of nitrogens with one attached hydrogen (secondary N) is 1. The van der Waals surface area contributed by atoms with Gasteiger partial charge in [-0.05, 0) is 62.2 Å². The maximum atomic E-state index is 14.3. The van der Waals surface area contributed by atoms with Crippen molar-refractivity contribution in [3.63, 3.8) is 0 Å². The van der Waals surface area contributed by atoms with E-state index in [1.165, 1.54) is 18.3 Å². The van der Waals surface area contributed by atoms with Crippen LogP contribution >= 0.6 is 0 Å². The highest BCUT2D eigenvalue weighted by atomic mass is 32.2. The smallest absolute Gasteiger partial charge is 0.338 e. The Morgan fingerprint density at radius 1 is 1.06 bits per heavy atom. The number of hydrogen-bond acceptors (Lipinski definition) is 6. The highest BCUT2D eigenvalue weighted by molar-refractivity contribution is 7.89. The van der Waals surface area contributed by atoms with Crippen LogP contribution in [0, 0.1) is 5.82 Å². The molecule has 32 heavy (non-hydrogen) atoms. The van der Waals surface area contributed by atoms with Gasteiger partial charge in [0.15, 0.2) is 6.10 Å². The lowest BCUT2D eigenvalue weighted by molar-refractivity contribution is -0.123. The van der Waals surface area contributed by atoms with Crippen molar-refractivity contribution < 1.29 is 31.9 Å². The first kappa shape index (κ1) is 23.7. The molecule has 1 heterocycles. The Labute approximate surface area is 186 Å². The molecule has 172 valence electrons. The van der Waals surface area contributed by atoms with Crippen molar-refractivity contribution in [2.24, 2.45) is 0 Å². The number of nitrogens with zero attached hydrogens (tertiary/aromatic N) is 1. The van der Waals surface area contributed by atoms with E-state index in [1.54, 1.807) is 24.3 Å². The molecule has 1 amide bonds. The molecule has 1 aliphatic heterocycles. The highest BCUT2D eigenvalue weighted by Crippen LogP contribution is 2.24.